The second kappa shape index (κ2) is 6.54. The van der Waals surface area contributed by atoms with Gasteiger partial charge < -0.3 is 15.3 Å². The molecular weight excluding hydrogens is 327 g/mol. The maximum atomic E-state index is 13.6. The van der Waals surface area contributed by atoms with Gasteiger partial charge in [-0.05, 0) is 30.9 Å². The first-order valence-electron chi connectivity index (χ1n) is 6.58. The second-order valence-corrected chi connectivity index (χ2v) is 6.10. The second-order valence-electron chi connectivity index (χ2n) is 5.18. The Bertz CT molecular complexity index is 494. The Labute approximate surface area is 126 Å². The average molecular weight is 345 g/mol. The van der Waals surface area contributed by atoms with Crippen LogP contribution in [0.2, 0.25) is 0 Å². The molecular formula is C14H18BrFN2O2. The number of hydrogen-bond donors (Lipinski definition) is 2. The monoisotopic (exact) mass is 344 g/mol. The Morgan fingerprint density at radius 2 is 2.30 bits per heavy atom. The van der Waals surface area contributed by atoms with Crippen molar-refractivity contribution in [1.29, 1.82) is 0 Å². The summed E-state index contributed by atoms with van der Waals surface area (Å²) in [5, 5.41) is 12.4. The first-order valence-corrected chi connectivity index (χ1v) is 7.37. The molecule has 4 nitrogen and oxygen atoms in total. The molecule has 0 aliphatic heterocycles. The van der Waals surface area contributed by atoms with Crippen molar-refractivity contribution in [3.8, 4) is 0 Å². The minimum atomic E-state index is -0.463. The largest absolute Gasteiger partial charge is 0.391 e. The summed E-state index contributed by atoms with van der Waals surface area (Å²) in [6, 6.07) is 4.40. The highest BCUT2D eigenvalue weighted by atomic mass is 79.9. The van der Waals surface area contributed by atoms with Gasteiger partial charge in [-0.3, -0.25) is 0 Å². The van der Waals surface area contributed by atoms with Gasteiger partial charge in [0.25, 0.3) is 0 Å². The highest BCUT2D eigenvalue weighted by Crippen LogP contribution is 2.32. The fraction of sp³-hybridized carbons (Fsp3) is 0.500. The summed E-state index contributed by atoms with van der Waals surface area (Å²) in [5.74, 6) is -0.0329. The highest BCUT2D eigenvalue weighted by Gasteiger charge is 2.31. The molecule has 110 valence electrons. The summed E-state index contributed by atoms with van der Waals surface area (Å²) in [6.45, 7) is 0.432. The standard InChI is InChI=1S/C14H18BrFN2O2/c1-18(8-13(19)9-2-3-9)14(20)17-7-10-4-5-11(15)6-12(10)16/h4-6,9,13,19H,2-3,7-8H2,1H3,(H,17,20)/t13-/m1/s1. The molecule has 1 fully saturated rings. The number of carbonyl (C=O) groups excluding carboxylic acids is 1. The number of nitrogens with zero attached hydrogens (tertiary/aromatic N) is 1. The lowest BCUT2D eigenvalue weighted by Crippen LogP contribution is -2.41. The van der Waals surface area contributed by atoms with Gasteiger partial charge >= 0.3 is 6.03 Å². The van der Waals surface area contributed by atoms with E-state index in [9.17, 15) is 14.3 Å². The number of rotatable bonds is 5. The molecule has 2 amide bonds. The molecule has 20 heavy (non-hydrogen) atoms. The van der Waals surface area contributed by atoms with E-state index in [1.54, 1.807) is 19.2 Å². The summed E-state index contributed by atoms with van der Waals surface area (Å²) in [4.78, 5) is 13.3. The molecule has 0 bridgehead atoms. The van der Waals surface area contributed by atoms with Gasteiger partial charge in [0.1, 0.15) is 5.82 Å². The van der Waals surface area contributed by atoms with Crippen molar-refractivity contribution >= 4 is 22.0 Å². The van der Waals surface area contributed by atoms with Gasteiger partial charge in [-0.1, -0.05) is 22.0 Å². The summed E-state index contributed by atoms with van der Waals surface area (Å²) in [7, 11) is 1.62. The molecule has 2 N–H and O–H groups in total. The number of hydrogen-bond acceptors (Lipinski definition) is 2. The van der Waals surface area contributed by atoms with Gasteiger partial charge in [0.05, 0.1) is 6.10 Å². The summed E-state index contributed by atoms with van der Waals surface area (Å²) >= 11 is 3.18. The van der Waals surface area contributed by atoms with E-state index in [0.717, 1.165) is 12.8 Å². The van der Waals surface area contributed by atoms with Crippen LogP contribution in [0.25, 0.3) is 0 Å². The lowest BCUT2D eigenvalue weighted by Gasteiger charge is -2.21. The molecule has 1 aliphatic carbocycles. The number of benzene rings is 1. The van der Waals surface area contributed by atoms with Crippen molar-refractivity contribution in [3.05, 3.63) is 34.1 Å². The van der Waals surface area contributed by atoms with Crippen molar-refractivity contribution in [2.75, 3.05) is 13.6 Å². The van der Waals surface area contributed by atoms with Crippen LogP contribution in [-0.4, -0.2) is 35.7 Å². The topological polar surface area (TPSA) is 52.6 Å². The highest BCUT2D eigenvalue weighted by molar-refractivity contribution is 9.10. The van der Waals surface area contributed by atoms with E-state index < -0.39 is 6.10 Å². The Morgan fingerprint density at radius 3 is 2.90 bits per heavy atom. The number of nitrogens with one attached hydrogen (secondary N) is 1. The summed E-state index contributed by atoms with van der Waals surface area (Å²) < 4.78 is 14.3. The van der Waals surface area contributed by atoms with Gasteiger partial charge in [-0.25, -0.2) is 9.18 Å². The van der Waals surface area contributed by atoms with Crippen LogP contribution >= 0.6 is 15.9 Å². The molecule has 2 rings (SSSR count). The van der Waals surface area contributed by atoms with Crippen molar-refractivity contribution in [1.82, 2.24) is 10.2 Å². The number of carbonyl (C=O) groups is 1. The fourth-order valence-electron chi connectivity index (χ4n) is 1.96. The van der Waals surface area contributed by atoms with Crippen LogP contribution in [0.1, 0.15) is 18.4 Å². The van der Waals surface area contributed by atoms with Gasteiger partial charge in [0.15, 0.2) is 0 Å². The Kier molecular flexibility index (Phi) is 4.99. The summed E-state index contributed by atoms with van der Waals surface area (Å²) in [6.07, 6.45) is 1.59. The third-order valence-corrected chi connectivity index (χ3v) is 3.91. The molecule has 0 heterocycles. The van der Waals surface area contributed by atoms with E-state index in [0.29, 0.717) is 22.5 Å². The number of urea groups is 1. The summed E-state index contributed by atoms with van der Waals surface area (Å²) in [5.41, 5.74) is 0.428. The molecule has 6 heteroatoms. The SMILES string of the molecule is CN(C[C@@H](O)C1CC1)C(=O)NCc1ccc(Br)cc1F. The van der Waals surface area contributed by atoms with E-state index >= 15 is 0 Å². The van der Waals surface area contributed by atoms with Gasteiger partial charge in [0, 0.05) is 30.2 Å². The molecule has 1 aromatic rings. The first kappa shape index (κ1) is 15.3. The molecule has 1 aromatic carbocycles. The number of aliphatic hydroxyl groups is 1. The maximum absolute atomic E-state index is 13.6. The number of likely N-dealkylation sites (N-methyl/N-ethyl adjacent to an activating group) is 1. The van der Waals surface area contributed by atoms with Crippen LogP contribution < -0.4 is 5.32 Å². The number of halogens is 2. The minimum Gasteiger partial charge on any atom is -0.391 e. The molecule has 0 radical (unpaired) electrons. The number of amides is 2. The Hall–Kier alpha value is -1.14. The van der Waals surface area contributed by atoms with Gasteiger partial charge in [0.2, 0.25) is 0 Å². The molecule has 1 saturated carbocycles. The molecule has 0 unspecified atom stereocenters. The zero-order valence-electron chi connectivity index (χ0n) is 11.3. The predicted molar refractivity (Wildman–Crippen MR) is 77.7 cm³/mol. The van der Waals surface area contributed by atoms with E-state index in [4.69, 9.17) is 0 Å². The molecule has 1 atom stereocenters. The van der Waals surface area contributed by atoms with E-state index in [2.05, 4.69) is 21.2 Å². The zero-order valence-corrected chi connectivity index (χ0v) is 12.9. The third-order valence-electron chi connectivity index (χ3n) is 3.42. The van der Waals surface area contributed by atoms with Crippen LogP contribution in [-0.2, 0) is 6.54 Å². The Balaban J connectivity index is 1.81. The van der Waals surface area contributed by atoms with Crippen molar-refractivity contribution in [2.24, 2.45) is 5.92 Å². The first-order chi connectivity index (χ1) is 9.47. The normalized spacial score (nSPS) is 15.8. The molecule has 0 saturated heterocycles. The van der Waals surface area contributed by atoms with E-state index in [1.807, 2.05) is 0 Å². The number of aliphatic hydroxyl groups excluding tert-OH is 1. The third kappa shape index (κ3) is 4.18. The van der Waals surface area contributed by atoms with Gasteiger partial charge in [-0.15, -0.1) is 0 Å². The smallest absolute Gasteiger partial charge is 0.317 e. The molecule has 0 spiro atoms. The minimum absolute atomic E-state index is 0.127. The van der Waals surface area contributed by atoms with Crippen molar-refractivity contribution < 1.29 is 14.3 Å². The van der Waals surface area contributed by atoms with Crippen LogP contribution in [0.15, 0.2) is 22.7 Å². The zero-order chi connectivity index (χ0) is 14.7. The van der Waals surface area contributed by atoms with Gasteiger partial charge in [-0.2, -0.15) is 0 Å². The van der Waals surface area contributed by atoms with Crippen molar-refractivity contribution in [2.45, 2.75) is 25.5 Å². The van der Waals surface area contributed by atoms with Crippen LogP contribution in [0, 0.1) is 11.7 Å². The van der Waals surface area contributed by atoms with Crippen LogP contribution in [0.4, 0.5) is 9.18 Å². The van der Waals surface area contributed by atoms with E-state index in [-0.39, 0.29) is 18.4 Å². The lowest BCUT2D eigenvalue weighted by molar-refractivity contribution is 0.113. The Morgan fingerprint density at radius 1 is 1.60 bits per heavy atom. The van der Waals surface area contributed by atoms with Crippen molar-refractivity contribution in [3.63, 3.8) is 0 Å². The molecule has 1 aliphatic rings. The lowest BCUT2D eigenvalue weighted by atomic mass is 10.2. The van der Waals surface area contributed by atoms with Crippen LogP contribution in [0.5, 0.6) is 0 Å². The molecule has 0 aromatic heterocycles. The average Bonchev–Trinajstić information content (AvgIpc) is 3.21. The maximum Gasteiger partial charge on any atom is 0.317 e. The fourth-order valence-corrected chi connectivity index (χ4v) is 2.30. The van der Waals surface area contributed by atoms with Crippen LogP contribution in [0.3, 0.4) is 0 Å². The van der Waals surface area contributed by atoms with E-state index in [1.165, 1.54) is 11.0 Å². The predicted octanol–water partition coefficient (Wildman–Crippen LogP) is 2.50. The quantitative estimate of drug-likeness (QED) is 0.862.